The Kier molecular flexibility index (Phi) is 5.36. The molecule has 140 valence electrons. The summed E-state index contributed by atoms with van der Waals surface area (Å²) in [4.78, 5) is 33.6. The minimum atomic E-state index is 0.130. The number of aromatic nitrogens is 1. The second-order valence-corrected chi connectivity index (χ2v) is 7.94. The number of fused-ring (bicyclic) bond motifs is 1. The van der Waals surface area contributed by atoms with Crippen LogP contribution >= 0.6 is 11.3 Å². The van der Waals surface area contributed by atoms with E-state index in [2.05, 4.69) is 16.0 Å². The number of nitrogens with one attached hydrogen (secondary N) is 1. The molecule has 1 amide bonds. The molecular weight excluding hydrogens is 358 g/mol. The van der Waals surface area contributed by atoms with Crippen molar-refractivity contribution in [3.05, 3.63) is 58.4 Å². The number of benzene rings is 1. The average molecular weight is 382 g/mol. The summed E-state index contributed by atoms with van der Waals surface area (Å²) in [6.07, 6.45) is 3.18. The lowest BCUT2D eigenvalue weighted by atomic mass is 10.1. The van der Waals surface area contributed by atoms with Crippen molar-refractivity contribution in [1.29, 1.82) is 0 Å². The molecule has 3 heterocycles. The molecule has 5 nitrogen and oxygen atoms in total. The summed E-state index contributed by atoms with van der Waals surface area (Å²) in [7, 11) is 0. The first-order valence-corrected chi connectivity index (χ1v) is 10.2. The highest BCUT2D eigenvalue weighted by atomic mass is 32.1. The number of para-hydroxylation sites is 1. The van der Waals surface area contributed by atoms with Gasteiger partial charge in [-0.1, -0.05) is 24.3 Å². The summed E-state index contributed by atoms with van der Waals surface area (Å²) in [5.74, 6) is 0.343. The molecular formula is C21H23N3O2S. The van der Waals surface area contributed by atoms with Crippen molar-refractivity contribution < 1.29 is 9.59 Å². The summed E-state index contributed by atoms with van der Waals surface area (Å²) in [6.45, 7) is 3.30. The van der Waals surface area contributed by atoms with Gasteiger partial charge >= 0.3 is 0 Å². The number of hydrogen-bond donors (Lipinski definition) is 1. The summed E-state index contributed by atoms with van der Waals surface area (Å²) in [5.41, 5.74) is 1.74. The highest BCUT2D eigenvalue weighted by molar-refractivity contribution is 7.09. The molecule has 3 aromatic rings. The fourth-order valence-corrected chi connectivity index (χ4v) is 4.30. The van der Waals surface area contributed by atoms with Gasteiger partial charge in [0.05, 0.1) is 6.54 Å². The molecule has 1 fully saturated rings. The monoisotopic (exact) mass is 381 g/mol. The predicted octanol–water partition coefficient (Wildman–Crippen LogP) is 3.19. The summed E-state index contributed by atoms with van der Waals surface area (Å²) < 4.78 is 0. The van der Waals surface area contributed by atoms with Crippen LogP contribution in [0.4, 0.5) is 0 Å². The standard InChI is InChI=1S/C21H23N3O2S/c25-20(18-14-22-19-6-2-1-5-17(18)19)15-23-9-11-24(12-10-23)21(26)8-7-16-4-3-13-27-16/h1-6,13-14,22H,7-12,15H2. The smallest absolute Gasteiger partial charge is 0.223 e. The van der Waals surface area contributed by atoms with Crippen LogP contribution in [0.5, 0.6) is 0 Å². The van der Waals surface area contributed by atoms with Crippen LogP contribution in [0.2, 0.25) is 0 Å². The average Bonchev–Trinajstić information content (AvgIpc) is 3.36. The molecule has 1 saturated heterocycles. The number of piperazine rings is 1. The third kappa shape index (κ3) is 4.12. The van der Waals surface area contributed by atoms with E-state index < -0.39 is 0 Å². The van der Waals surface area contributed by atoms with Gasteiger partial charge in [-0.15, -0.1) is 11.3 Å². The zero-order valence-electron chi connectivity index (χ0n) is 15.2. The molecule has 2 aromatic heterocycles. The summed E-state index contributed by atoms with van der Waals surface area (Å²) in [6, 6.07) is 12.0. The molecule has 4 rings (SSSR count). The molecule has 6 heteroatoms. The van der Waals surface area contributed by atoms with Crippen molar-refractivity contribution in [1.82, 2.24) is 14.8 Å². The van der Waals surface area contributed by atoms with E-state index in [0.29, 0.717) is 26.1 Å². The first-order valence-electron chi connectivity index (χ1n) is 9.32. The minimum Gasteiger partial charge on any atom is -0.360 e. The zero-order valence-corrected chi connectivity index (χ0v) is 16.0. The van der Waals surface area contributed by atoms with Crippen molar-refractivity contribution in [2.45, 2.75) is 12.8 Å². The number of aryl methyl sites for hydroxylation is 1. The van der Waals surface area contributed by atoms with Gasteiger partial charge in [-0.25, -0.2) is 0 Å². The Bertz CT molecular complexity index is 924. The molecule has 27 heavy (non-hydrogen) atoms. The van der Waals surface area contributed by atoms with Crippen LogP contribution in [0.15, 0.2) is 48.0 Å². The van der Waals surface area contributed by atoms with E-state index in [1.165, 1.54) is 4.88 Å². The van der Waals surface area contributed by atoms with Crippen molar-refractivity contribution >= 4 is 33.9 Å². The quantitative estimate of drug-likeness (QED) is 0.667. The van der Waals surface area contributed by atoms with E-state index in [1.54, 1.807) is 17.5 Å². The Hall–Kier alpha value is -2.44. The van der Waals surface area contributed by atoms with Gasteiger partial charge in [0.15, 0.2) is 5.78 Å². The number of thiophene rings is 1. The van der Waals surface area contributed by atoms with Crippen LogP contribution in [0, 0.1) is 0 Å². The third-order valence-corrected chi connectivity index (χ3v) is 6.08. The molecule has 0 saturated carbocycles. The summed E-state index contributed by atoms with van der Waals surface area (Å²) in [5, 5.41) is 3.02. The lowest BCUT2D eigenvalue weighted by Gasteiger charge is -2.34. The van der Waals surface area contributed by atoms with Crippen LogP contribution in [0.3, 0.4) is 0 Å². The number of hydrogen-bond acceptors (Lipinski definition) is 4. The maximum atomic E-state index is 12.7. The van der Waals surface area contributed by atoms with Gasteiger partial charge < -0.3 is 9.88 Å². The van der Waals surface area contributed by atoms with E-state index in [-0.39, 0.29) is 11.7 Å². The van der Waals surface area contributed by atoms with Gasteiger partial charge in [0.25, 0.3) is 0 Å². The zero-order chi connectivity index (χ0) is 18.6. The lowest BCUT2D eigenvalue weighted by Crippen LogP contribution is -2.49. The maximum Gasteiger partial charge on any atom is 0.223 e. The lowest BCUT2D eigenvalue weighted by molar-refractivity contribution is -0.132. The minimum absolute atomic E-state index is 0.130. The first-order chi connectivity index (χ1) is 13.2. The number of carbonyl (C=O) groups excluding carboxylic acids is 2. The highest BCUT2D eigenvalue weighted by Gasteiger charge is 2.23. The number of H-pyrrole nitrogens is 1. The van der Waals surface area contributed by atoms with Crippen molar-refractivity contribution in [3.8, 4) is 0 Å². The number of aromatic amines is 1. The number of ketones is 1. The molecule has 1 aliphatic heterocycles. The van der Waals surface area contributed by atoms with Crippen molar-refractivity contribution in [2.75, 3.05) is 32.7 Å². The van der Waals surface area contributed by atoms with Crippen molar-refractivity contribution in [3.63, 3.8) is 0 Å². The van der Waals surface area contributed by atoms with Gasteiger partial charge in [-0.05, 0) is 23.9 Å². The predicted molar refractivity (Wildman–Crippen MR) is 108 cm³/mol. The first kappa shape index (κ1) is 17.9. The molecule has 1 aliphatic rings. The highest BCUT2D eigenvalue weighted by Crippen LogP contribution is 2.19. The van der Waals surface area contributed by atoms with Crippen LogP contribution in [-0.2, 0) is 11.2 Å². The van der Waals surface area contributed by atoms with E-state index in [4.69, 9.17) is 0 Å². The number of Topliss-reactive ketones (excluding diaryl/α,β-unsaturated/α-hetero) is 1. The molecule has 0 unspecified atom stereocenters. The molecule has 1 aromatic carbocycles. The van der Waals surface area contributed by atoms with Gasteiger partial charge in [0, 0.05) is 60.1 Å². The van der Waals surface area contributed by atoms with E-state index >= 15 is 0 Å². The maximum absolute atomic E-state index is 12.7. The SMILES string of the molecule is O=C(CN1CCN(C(=O)CCc2cccs2)CC1)c1c[nH]c2ccccc12. The molecule has 0 atom stereocenters. The van der Waals surface area contributed by atoms with E-state index in [1.807, 2.05) is 40.6 Å². The fourth-order valence-electron chi connectivity index (χ4n) is 3.59. The topological polar surface area (TPSA) is 56.4 Å². The number of rotatable bonds is 6. The Balaban J connectivity index is 1.28. The van der Waals surface area contributed by atoms with Crippen LogP contribution in [0.1, 0.15) is 21.7 Å². The van der Waals surface area contributed by atoms with Crippen LogP contribution in [0.25, 0.3) is 10.9 Å². The van der Waals surface area contributed by atoms with Crippen LogP contribution in [-0.4, -0.2) is 59.2 Å². The van der Waals surface area contributed by atoms with Gasteiger partial charge in [0.1, 0.15) is 0 Å². The molecule has 1 N–H and O–H groups in total. The molecule has 0 aliphatic carbocycles. The van der Waals surface area contributed by atoms with Crippen LogP contribution < -0.4 is 0 Å². The largest absolute Gasteiger partial charge is 0.360 e. The Morgan fingerprint density at radius 3 is 2.63 bits per heavy atom. The fraction of sp³-hybridized carbons (Fsp3) is 0.333. The normalized spacial score (nSPS) is 15.3. The van der Waals surface area contributed by atoms with Gasteiger partial charge in [0.2, 0.25) is 5.91 Å². The van der Waals surface area contributed by atoms with E-state index in [9.17, 15) is 9.59 Å². The summed E-state index contributed by atoms with van der Waals surface area (Å²) >= 11 is 1.70. The second kappa shape index (κ2) is 8.06. The Morgan fingerprint density at radius 2 is 1.85 bits per heavy atom. The number of carbonyl (C=O) groups is 2. The molecule has 0 spiro atoms. The molecule has 0 bridgehead atoms. The van der Waals surface area contributed by atoms with Gasteiger partial charge in [-0.3, -0.25) is 14.5 Å². The Labute approximate surface area is 162 Å². The number of amides is 1. The van der Waals surface area contributed by atoms with Gasteiger partial charge in [-0.2, -0.15) is 0 Å². The van der Waals surface area contributed by atoms with Crippen molar-refractivity contribution in [2.24, 2.45) is 0 Å². The van der Waals surface area contributed by atoms with E-state index in [0.717, 1.165) is 36.0 Å². The Morgan fingerprint density at radius 1 is 1.04 bits per heavy atom. The second-order valence-electron chi connectivity index (χ2n) is 6.91. The number of nitrogens with zero attached hydrogens (tertiary/aromatic N) is 2. The third-order valence-electron chi connectivity index (χ3n) is 5.15. The molecule has 0 radical (unpaired) electrons.